The van der Waals surface area contributed by atoms with E-state index in [2.05, 4.69) is 193 Å². The Morgan fingerprint density at radius 2 is 0.806 bits per heavy atom. The molecule has 0 fully saturated rings. The van der Waals surface area contributed by atoms with E-state index in [1.54, 1.807) is 0 Å². The molecule has 15 rings (SSSR count). The molecule has 1 atom stereocenters. The van der Waals surface area contributed by atoms with E-state index in [1.165, 1.54) is 21.9 Å². The smallest absolute Gasteiger partial charge is 0.209 e. The lowest BCUT2D eigenvalue weighted by molar-refractivity contribution is 0.526. The summed E-state index contributed by atoms with van der Waals surface area (Å²) in [6, 6.07) is 85.1. The molecule has 0 amide bonds. The number of nitrogens with zero attached hydrogens (tertiary/aromatic N) is 4. The van der Waals surface area contributed by atoms with E-state index >= 15 is 0 Å². The van der Waals surface area contributed by atoms with E-state index in [9.17, 15) is 0 Å². The highest BCUT2D eigenvalue weighted by Crippen LogP contribution is 2.48. The van der Waals surface area contributed by atoms with Crippen molar-refractivity contribution >= 4 is 22.3 Å². The molecule has 292 valence electrons. The van der Waals surface area contributed by atoms with Crippen LogP contribution in [0.25, 0.3) is 66.9 Å². The summed E-state index contributed by atoms with van der Waals surface area (Å²) in [5.74, 6) is 1.47. The molecule has 0 radical (unpaired) electrons. The van der Waals surface area contributed by atoms with Gasteiger partial charge in [0.2, 0.25) is 5.66 Å². The summed E-state index contributed by atoms with van der Waals surface area (Å²) in [6.45, 7) is 0. The second-order valence-corrected chi connectivity index (χ2v) is 15.5. The van der Waals surface area contributed by atoms with E-state index in [-0.39, 0.29) is 0 Å². The molecule has 0 saturated carbocycles. The third-order valence-electron chi connectivity index (χ3n) is 11.8. The summed E-state index contributed by atoms with van der Waals surface area (Å²) in [6.07, 6.45) is 0. The quantitative estimate of drug-likeness (QED) is 0.175. The molecule has 4 nitrogen and oxygen atoms in total. The number of hydrogen-bond acceptors (Lipinski definition) is 3. The number of aromatic nitrogens is 2. The molecule has 1 aromatic heterocycles. The lowest BCUT2D eigenvalue weighted by atomic mass is 9.86. The predicted octanol–water partition coefficient (Wildman–Crippen LogP) is 14.0. The third-order valence-corrected chi connectivity index (χ3v) is 11.8. The summed E-state index contributed by atoms with van der Waals surface area (Å²) in [5, 5.41) is 2.44. The van der Waals surface area contributed by atoms with E-state index in [0.29, 0.717) is 5.84 Å². The second-order valence-electron chi connectivity index (χ2n) is 15.5. The van der Waals surface area contributed by atoms with Gasteiger partial charge in [0.1, 0.15) is 11.5 Å². The Labute approximate surface area is 361 Å². The van der Waals surface area contributed by atoms with Gasteiger partial charge in [0.15, 0.2) is 5.84 Å². The Hall–Kier alpha value is -8.21. The number of hydrogen-bond donors (Lipinski definition) is 0. The number of aliphatic imine (C=N–C) groups is 2. The first-order chi connectivity index (χ1) is 30.8. The van der Waals surface area contributed by atoms with E-state index in [4.69, 9.17) is 15.0 Å². The van der Waals surface area contributed by atoms with Gasteiger partial charge in [-0.15, -0.1) is 0 Å². The van der Waals surface area contributed by atoms with Crippen molar-refractivity contribution in [3.05, 3.63) is 259 Å². The summed E-state index contributed by atoms with van der Waals surface area (Å²) in [5.41, 5.74) is 12.2. The van der Waals surface area contributed by atoms with Gasteiger partial charge < -0.3 is 0 Å². The molecular weight excluding hydrogens is 753 g/mol. The minimum Gasteiger partial charge on any atom is -0.288 e. The standard InChI is InChI=1S/C52H34N4.C6H6/c1-5-15-38(16-6-1)47-48(39-17-7-2-8-18-39)56-51(53-47)42-29-27-35(28-30-42)44-25-13-23-37-24-14-26-45(46(37)44)36-31-33-43(34-32-36)52(56)49(40-19-9-3-10-20-40)54-50(55-52)41-21-11-4-12-22-41;1-2-4-6-5-3-1/h1-34H;1-6H/t52-;/m0./s1. The van der Waals surface area contributed by atoms with Crippen molar-refractivity contribution < 1.29 is 0 Å². The van der Waals surface area contributed by atoms with Crippen molar-refractivity contribution in [2.75, 3.05) is 0 Å². The highest BCUT2D eigenvalue weighted by atomic mass is 15.3. The minimum absolute atomic E-state index is 0.670. The Bertz CT molecular complexity index is 3200. The Balaban J connectivity index is 0.000000666. The summed E-state index contributed by atoms with van der Waals surface area (Å²) in [7, 11) is 0. The highest BCUT2D eigenvalue weighted by Gasteiger charge is 2.48. The van der Waals surface area contributed by atoms with Crippen molar-refractivity contribution in [2.45, 2.75) is 5.66 Å². The maximum atomic E-state index is 5.87. The lowest BCUT2D eigenvalue weighted by Crippen LogP contribution is -2.41. The van der Waals surface area contributed by atoms with Crippen molar-refractivity contribution in [1.82, 2.24) is 9.55 Å². The van der Waals surface area contributed by atoms with Crippen molar-refractivity contribution in [3.63, 3.8) is 0 Å². The van der Waals surface area contributed by atoms with E-state index in [0.717, 1.165) is 67.4 Å². The van der Waals surface area contributed by atoms with Gasteiger partial charge in [-0.05, 0) is 33.0 Å². The van der Waals surface area contributed by atoms with Crippen LogP contribution in [0.5, 0.6) is 0 Å². The van der Waals surface area contributed by atoms with Gasteiger partial charge in [-0.1, -0.05) is 243 Å². The molecule has 62 heavy (non-hydrogen) atoms. The largest absolute Gasteiger partial charge is 0.288 e. The van der Waals surface area contributed by atoms with Crippen molar-refractivity contribution in [3.8, 4) is 56.2 Å². The zero-order valence-corrected chi connectivity index (χ0v) is 33.9. The van der Waals surface area contributed by atoms with E-state index < -0.39 is 5.66 Å². The zero-order valence-electron chi connectivity index (χ0n) is 33.9. The van der Waals surface area contributed by atoms with Crippen LogP contribution in [0.3, 0.4) is 0 Å². The maximum Gasteiger partial charge on any atom is 0.209 e. The van der Waals surface area contributed by atoms with E-state index in [1.807, 2.05) is 54.6 Å². The van der Waals surface area contributed by atoms with Crippen LogP contribution >= 0.6 is 0 Å². The molecule has 1 spiro atoms. The molecule has 5 aliphatic rings. The fraction of sp³-hybridized carbons (Fsp3) is 0.0172. The minimum atomic E-state index is -1.17. The van der Waals surface area contributed by atoms with Gasteiger partial charge in [-0.3, -0.25) is 4.57 Å². The van der Waals surface area contributed by atoms with Gasteiger partial charge in [0, 0.05) is 33.4 Å². The molecule has 6 heterocycles. The zero-order chi connectivity index (χ0) is 41.3. The molecular formula is C58H40N4. The first-order valence-electron chi connectivity index (χ1n) is 21.0. The monoisotopic (exact) mass is 792 g/mol. The lowest BCUT2D eigenvalue weighted by Gasteiger charge is -2.34. The topological polar surface area (TPSA) is 42.5 Å². The SMILES string of the molecule is c1ccc(C2=N[C@@]3(C(c4ccccc4)=N2)c2ccc(cc2)-c2cccc4cccc(c24)-c2ccc(cc2)-c2nc(-c4ccccc4)c(-c4ccccc4)n23)cc1.c1ccccc1. The average molecular weight is 793 g/mol. The molecule has 5 aliphatic heterocycles. The fourth-order valence-corrected chi connectivity index (χ4v) is 8.96. The first-order valence-corrected chi connectivity index (χ1v) is 21.0. The molecule has 4 heteroatoms. The predicted molar refractivity (Wildman–Crippen MR) is 256 cm³/mol. The Morgan fingerprint density at radius 3 is 1.35 bits per heavy atom. The van der Waals surface area contributed by atoms with Crippen molar-refractivity contribution in [1.29, 1.82) is 0 Å². The Morgan fingerprint density at radius 1 is 0.355 bits per heavy atom. The number of amidine groups is 1. The number of rotatable bonds is 4. The van der Waals surface area contributed by atoms with Gasteiger partial charge in [-0.25, -0.2) is 15.0 Å². The van der Waals surface area contributed by atoms with Crippen LogP contribution in [0.1, 0.15) is 16.7 Å². The molecule has 0 aliphatic carbocycles. The second kappa shape index (κ2) is 15.8. The maximum absolute atomic E-state index is 5.87. The van der Waals surface area contributed by atoms with Crippen LogP contribution in [0.15, 0.2) is 253 Å². The molecule has 10 aromatic rings. The van der Waals surface area contributed by atoms with Crippen LogP contribution in [0.2, 0.25) is 0 Å². The van der Waals surface area contributed by atoms with Gasteiger partial charge in [-0.2, -0.15) is 0 Å². The fourth-order valence-electron chi connectivity index (χ4n) is 8.96. The number of imidazole rings is 1. The Kier molecular flexibility index (Phi) is 9.36. The molecule has 0 N–H and O–H groups in total. The summed E-state index contributed by atoms with van der Waals surface area (Å²) < 4.78 is 2.37. The first kappa shape index (κ1) is 36.8. The van der Waals surface area contributed by atoms with Crippen LogP contribution in [-0.2, 0) is 5.66 Å². The van der Waals surface area contributed by atoms with Crippen LogP contribution in [0.4, 0.5) is 0 Å². The highest BCUT2D eigenvalue weighted by molar-refractivity contribution is 6.21. The van der Waals surface area contributed by atoms with Crippen LogP contribution < -0.4 is 0 Å². The van der Waals surface area contributed by atoms with Crippen LogP contribution in [0, 0.1) is 0 Å². The van der Waals surface area contributed by atoms with Gasteiger partial charge in [0.25, 0.3) is 0 Å². The van der Waals surface area contributed by atoms with Gasteiger partial charge in [0.05, 0.1) is 11.4 Å². The molecule has 9 aromatic carbocycles. The normalized spacial score (nSPS) is 14.7. The van der Waals surface area contributed by atoms with Gasteiger partial charge >= 0.3 is 0 Å². The number of benzene rings is 9. The van der Waals surface area contributed by atoms with Crippen LogP contribution in [-0.4, -0.2) is 21.1 Å². The third kappa shape index (κ3) is 6.37. The molecule has 0 saturated heterocycles. The summed E-state index contributed by atoms with van der Waals surface area (Å²) in [4.78, 5) is 17.1. The van der Waals surface area contributed by atoms with Crippen molar-refractivity contribution in [2.24, 2.45) is 9.98 Å². The summed E-state index contributed by atoms with van der Waals surface area (Å²) >= 11 is 0. The average Bonchev–Trinajstić information content (AvgIpc) is 3.97. The molecule has 0 unspecified atom stereocenters. The molecule has 4 bridgehead atoms.